The summed E-state index contributed by atoms with van der Waals surface area (Å²) in [6.07, 6.45) is 5.66. The molecule has 0 N–H and O–H groups in total. The monoisotopic (exact) mass is 370 g/mol. The van der Waals surface area contributed by atoms with Gasteiger partial charge in [0.05, 0.1) is 12.2 Å². The summed E-state index contributed by atoms with van der Waals surface area (Å²) < 4.78 is 13.5. The summed E-state index contributed by atoms with van der Waals surface area (Å²) in [7, 11) is -3.73. The van der Waals surface area contributed by atoms with Crippen LogP contribution in [0.25, 0.3) is 0 Å². The molecule has 0 amide bonds. The quantitative estimate of drug-likeness (QED) is 0.324. The molecule has 0 bridgehead atoms. The van der Waals surface area contributed by atoms with E-state index in [2.05, 4.69) is 80.9 Å². The lowest BCUT2D eigenvalue weighted by Crippen LogP contribution is -2.51. The summed E-state index contributed by atoms with van der Waals surface area (Å²) in [5.41, 5.74) is 0. The predicted molar refractivity (Wildman–Crippen MR) is 114 cm³/mol. The third-order valence-corrected chi connectivity index (χ3v) is 14.7. The highest BCUT2D eigenvalue weighted by Crippen LogP contribution is 2.41. The highest BCUT2D eigenvalue weighted by Gasteiger charge is 2.44. The first-order valence-electron chi connectivity index (χ1n) is 9.16. The number of hydrogen-bond donors (Lipinski definition) is 0. The second-order valence-electron chi connectivity index (χ2n) is 9.88. The van der Waals surface area contributed by atoms with Crippen molar-refractivity contribution in [2.75, 3.05) is 0 Å². The Labute approximate surface area is 154 Å². The molecule has 2 atom stereocenters. The minimum Gasteiger partial charge on any atom is -0.411 e. The molecule has 0 radical (unpaired) electrons. The van der Waals surface area contributed by atoms with Crippen LogP contribution in [-0.4, -0.2) is 28.8 Å². The summed E-state index contributed by atoms with van der Waals surface area (Å²) >= 11 is 0. The highest BCUT2D eigenvalue weighted by atomic mass is 28.4. The Morgan fingerprint density at radius 3 is 1.12 bits per heavy atom. The molecule has 0 saturated carbocycles. The van der Waals surface area contributed by atoms with Crippen molar-refractivity contribution in [3.05, 3.63) is 25.3 Å². The summed E-state index contributed by atoms with van der Waals surface area (Å²) in [5, 5.41) is 0.365. The van der Waals surface area contributed by atoms with Gasteiger partial charge in [-0.15, -0.1) is 13.2 Å². The lowest BCUT2D eigenvalue weighted by atomic mass is 10.1. The smallest absolute Gasteiger partial charge is 0.192 e. The van der Waals surface area contributed by atoms with Gasteiger partial charge in [0.2, 0.25) is 0 Å². The van der Waals surface area contributed by atoms with Gasteiger partial charge in [0, 0.05) is 0 Å². The highest BCUT2D eigenvalue weighted by molar-refractivity contribution is 6.74. The molecule has 142 valence electrons. The fourth-order valence-electron chi connectivity index (χ4n) is 1.99. The topological polar surface area (TPSA) is 18.5 Å². The lowest BCUT2D eigenvalue weighted by Gasteiger charge is -2.45. The first-order valence-corrected chi connectivity index (χ1v) is 15.0. The lowest BCUT2D eigenvalue weighted by molar-refractivity contribution is 0.0391. The molecule has 0 rings (SSSR count). The van der Waals surface area contributed by atoms with Gasteiger partial charge in [-0.05, 0) is 49.1 Å². The molecule has 2 nitrogen and oxygen atoms in total. The molecule has 0 fully saturated rings. The van der Waals surface area contributed by atoms with Crippen molar-refractivity contribution >= 4 is 16.6 Å². The van der Waals surface area contributed by atoms with Gasteiger partial charge in [-0.3, -0.25) is 0 Å². The van der Waals surface area contributed by atoms with Crippen molar-refractivity contribution in [2.45, 2.75) is 103 Å². The third kappa shape index (κ3) is 6.62. The maximum atomic E-state index is 6.73. The van der Waals surface area contributed by atoms with Gasteiger partial charge in [0.25, 0.3) is 0 Å². The molecular weight excluding hydrogens is 328 g/mol. The van der Waals surface area contributed by atoms with Crippen LogP contribution in [0.1, 0.15) is 54.4 Å². The molecule has 0 aliphatic rings. The average molecular weight is 371 g/mol. The summed E-state index contributed by atoms with van der Waals surface area (Å²) in [6.45, 7) is 30.8. The maximum absolute atomic E-state index is 6.73. The van der Waals surface area contributed by atoms with Gasteiger partial charge < -0.3 is 8.85 Å². The van der Waals surface area contributed by atoms with E-state index >= 15 is 0 Å². The molecule has 0 saturated heterocycles. The predicted octanol–water partition coefficient (Wildman–Crippen LogP) is 6.92. The Morgan fingerprint density at radius 1 is 0.708 bits per heavy atom. The van der Waals surface area contributed by atoms with Gasteiger partial charge in [0.15, 0.2) is 16.6 Å². The van der Waals surface area contributed by atoms with Crippen molar-refractivity contribution in [3.8, 4) is 0 Å². The van der Waals surface area contributed by atoms with Crippen LogP contribution in [0, 0.1) is 0 Å². The van der Waals surface area contributed by atoms with E-state index in [4.69, 9.17) is 8.85 Å². The molecular formula is C20H42O2Si2. The summed E-state index contributed by atoms with van der Waals surface area (Å²) in [5.74, 6) is 0. The zero-order valence-corrected chi connectivity index (χ0v) is 20.0. The molecule has 24 heavy (non-hydrogen) atoms. The Morgan fingerprint density at radius 2 is 0.958 bits per heavy atom. The van der Waals surface area contributed by atoms with Crippen LogP contribution in [0.15, 0.2) is 25.3 Å². The van der Waals surface area contributed by atoms with Crippen molar-refractivity contribution in [3.63, 3.8) is 0 Å². The van der Waals surface area contributed by atoms with Crippen molar-refractivity contribution in [1.82, 2.24) is 0 Å². The zero-order valence-electron chi connectivity index (χ0n) is 18.0. The zero-order chi connectivity index (χ0) is 19.4. The van der Waals surface area contributed by atoms with Crippen LogP contribution in [-0.2, 0) is 8.85 Å². The Hall–Kier alpha value is -0.166. The van der Waals surface area contributed by atoms with E-state index in [1.807, 2.05) is 12.2 Å². The van der Waals surface area contributed by atoms with E-state index in [0.29, 0.717) is 0 Å². The second-order valence-corrected chi connectivity index (χ2v) is 19.4. The molecule has 0 aromatic carbocycles. The first kappa shape index (κ1) is 23.8. The van der Waals surface area contributed by atoms with E-state index in [9.17, 15) is 0 Å². The van der Waals surface area contributed by atoms with E-state index in [1.165, 1.54) is 0 Å². The normalized spacial score (nSPS) is 16.6. The maximum Gasteiger partial charge on any atom is 0.192 e. The summed E-state index contributed by atoms with van der Waals surface area (Å²) in [4.78, 5) is 0. The van der Waals surface area contributed by atoms with Crippen molar-refractivity contribution in [2.24, 2.45) is 0 Å². The molecule has 0 aromatic rings. The second kappa shape index (κ2) is 8.48. The molecule has 0 aromatic heterocycles. The van der Waals surface area contributed by atoms with Crippen LogP contribution in [0.4, 0.5) is 0 Å². The average Bonchev–Trinajstić information content (AvgIpc) is 2.34. The fraction of sp³-hybridized carbons (Fsp3) is 0.800. The largest absolute Gasteiger partial charge is 0.411 e. The Balaban J connectivity index is 5.53. The fourth-order valence-corrected chi connectivity index (χ4v) is 4.71. The van der Waals surface area contributed by atoms with Crippen LogP contribution in [0.3, 0.4) is 0 Å². The molecule has 0 aliphatic carbocycles. The minimum absolute atomic E-state index is 0.0514. The standard InChI is InChI=1S/C20H42O2Si2/c1-13-15-17(21-23(9,10)19(3,4)5)18(16-14-2)22-24(11,12)20(6,7)8/h13-14,17-18H,1-2,15-16H2,3-12H3/t17-,18-/m1/s1. The van der Waals surface area contributed by atoms with E-state index in [-0.39, 0.29) is 22.3 Å². The van der Waals surface area contributed by atoms with Crippen LogP contribution in [0.2, 0.25) is 36.3 Å². The van der Waals surface area contributed by atoms with E-state index in [1.54, 1.807) is 0 Å². The number of hydrogen-bond acceptors (Lipinski definition) is 2. The van der Waals surface area contributed by atoms with Gasteiger partial charge in [0.1, 0.15) is 0 Å². The van der Waals surface area contributed by atoms with Crippen LogP contribution < -0.4 is 0 Å². The van der Waals surface area contributed by atoms with Crippen molar-refractivity contribution in [1.29, 1.82) is 0 Å². The van der Waals surface area contributed by atoms with Gasteiger partial charge in [-0.25, -0.2) is 0 Å². The summed E-state index contributed by atoms with van der Waals surface area (Å²) in [6, 6.07) is 0. The van der Waals surface area contributed by atoms with Crippen LogP contribution >= 0.6 is 0 Å². The van der Waals surface area contributed by atoms with Gasteiger partial charge in [-0.1, -0.05) is 53.7 Å². The molecule has 0 spiro atoms. The molecule has 0 aliphatic heterocycles. The number of rotatable bonds is 9. The van der Waals surface area contributed by atoms with Gasteiger partial charge >= 0.3 is 0 Å². The molecule has 0 unspecified atom stereocenters. The first-order chi connectivity index (χ1) is 10.6. The van der Waals surface area contributed by atoms with E-state index < -0.39 is 16.6 Å². The minimum atomic E-state index is -1.86. The van der Waals surface area contributed by atoms with Gasteiger partial charge in [-0.2, -0.15) is 0 Å². The Bertz CT molecular complexity index is 374. The van der Waals surface area contributed by atoms with Crippen LogP contribution in [0.5, 0.6) is 0 Å². The molecule has 4 heteroatoms. The molecule has 0 heterocycles. The Kier molecular flexibility index (Phi) is 8.42. The SMILES string of the molecule is C=CC[C@@H](O[Si](C)(C)C(C)(C)C)[C@@H](CC=C)O[Si](C)(C)C(C)(C)C. The third-order valence-electron chi connectivity index (χ3n) is 5.72. The van der Waals surface area contributed by atoms with Crippen molar-refractivity contribution < 1.29 is 8.85 Å². The van der Waals surface area contributed by atoms with E-state index in [0.717, 1.165) is 12.8 Å².